The van der Waals surface area contributed by atoms with Gasteiger partial charge in [-0.1, -0.05) is 142 Å². The molecule has 0 fully saturated rings. The number of carbonyl (C=O) groups excluding carboxylic acids is 2. The van der Waals surface area contributed by atoms with Crippen molar-refractivity contribution in [2.75, 3.05) is 67.5 Å². The van der Waals surface area contributed by atoms with Crippen LogP contribution in [0.4, 0.5) is 0 Å². The van der Waals surface area contributed by atoms with Crippen molar-refractivity contribution >= 4 is 11.8 Å². The molecule has 0 aliphatic heterocycles. The third-order valence-corrected chi connectivity index (χ3v) is 9.15. The van der Waals surface area contributed by atoms with E-state index >= 15 is 0 Å². The van der Waals surface area contributed by atoms with Crippen LogP contribution in [0.25, 0.3) is 0 Å². The van der Waals surface area contributed by atoms with E-state index < -0.39 is 0 Å². The number of likely N-dealkylation sites (N-methyl/N-ethyl adjacent to an activating group) is 2. The highest BCUT2D eigenvalue weighted by atomic mass is 35.5. The lowest BCUT2D eigenvalue weighted by atomic mass is 10.1. The Balaban J connectivity index is -0.00000924. The predicted octanol–water partition coefficient (Wildman–Crippen LogP) is 2.78. The number of carbonyl (C=O) groups is 2. The summed E-state index contributed by atoms with van der Waals surface area (Å²) in [6.07, 6.45) is 32.5. The molecule has 6 nitrogen and oxygen atoms in total. The predicted molar refractivity (Wildman–Crippen MR) is 192 cm³/mol. The molecule has 0 saturated carbocycles. The lowest BCUT2D eigenvalue weighted by Crippen LogP contribution is -3.00. The van der Waals surface area contributed by atoms with Crippen LogP contribution in [0.1, 0.15) is 168 Å². The first-order valence-electron chi connectivity index (χ1n) is 19.3. The summed E-state index contributed by atoms with van der Waals surface area (Å²) >= 11 is 0. The lowest BCUT2D eigenvalue weighted by Gasteiger charge is -2.29. The SMILES string of the molecule is CCCCCCCCCCCCCC[N+](C)(C)CC(=O)NCCNC(=O)C[N+](C)(C)CCCCCCCCCCCCCC.[Cl-].[Cl-]. The van der Waals surface area contributed by atoms with Gasteiger partial charge in [-0.05, 0) is 25.7 Å². The molecular formula is C38H80Cl2N4O2. The Morgan fingerprint density at radius 1 is 0.391 bits per heavy atom. The van der Waals surface area contributed by atoms with E-state index in [9.17, 15) is 9.59 Å². The summed E-state index contributed by atoms with van der Waals surface area (Å²) in [6.45, 7) is 8.61. The Kier molecular flexibility index (Phi) is 37.2. The monoisotopic (exact) mass is 695 g/mol. The molecule has 0 unspecified atom stereocenters. The maximum Gasteiger partial charge on any atom is 0.275 e. The van der Waals surface area contributed by atoms with Gasteiger partial charge in [0.25, 0.3) is 11.8 Å². The Hall–Kier alpha value is -0.560. The Bertz CT molecular complexity index is 621. The van der Waals surface area contributed by atoms with Crippen LogP contribution in [0, 0.1) is 0 Å². The van der Waals surface area contributed by atoms with E-state index in [4.69, 9.17) is 0 Å². The van der Waals surface area contributed by atoms with Gasteiger partial charge in [0.2, 0.25) is 0 Å². The van der Waals surface area contributed by atoms with Crippen molar-refractivity contribution in [2.45, 2.75) is 168 Å². The number of hydrogen-bond donors (Lipinski definition) is 2. The van der Waals surface area contributed by atoms with Crippen molar-refractivity contribution in [3.8, 4) is 0 Å². The quantitative estimate of drug-likeness (QED) is 0.0821. The van der Waals surface area contributed by atoms with Crippen LogP contribution < -0.4 is 35.4 Å². The first kappa shape index (κ1) is 49.8. The molecule has 0 saturated heterocycles. The molecule has 2 amide bonds. The second-order valence-corrected chi connectivity index (χ2v) is 15.1. The van der Waals surface area contributed by atoms with Gasteiger partial charge >= 0.3 is 0 Å². The van der Waals surface area contributed by atoms with E-state index in [0.29, 0.717) is 26.2 Å². The van der Waals surface area contributed by atoms with Crippen LogP contribution in [0.2, 0.25) is 0 Å². The topological polar surface area (TPSA) is 58.2 Å². The van der Waals surface area contributed by atoms with Gasteiger partial charge in [0.15, 0.2) is 13.1 Å². The molecule has 0 heterocycles. The highest BCUT2D eigenvalue weighted by molar-refractivity contribution is 5.78. The maximum absolute atomic E-state index is 12.5. The number of nitrogens with zero attached hydrogens (tertiary/aromatic N) is 2. The van der Waals surface area contributed by atoms with Crippen molar-refractivity contribution < 1.29 is 43.4 Å². The summed E-state index contributed by atoms with van der Waals surface area (Å²) in [6, 6.07) is 0. The minimum atomic E-state index is 0. The number of rotatable bonds is 33. The van der Waals surface area contributed by atoms with Gasteiger partial charge in [0, 0.05) is 13.1 Å². The first-order chi connectivity index (χ1) is 21.1. The molecule has 278 valence electrons. The molecule has 0 radical (unpaired) electrons. The summed E-state index contributed by atoms with van der Waals surface area (Å²) in [5, 5.41) is 6.01. The molecule has 0 bridgehead atoms. The summed E-state index contributed by atoms with van der Waals surface area (Å²) in [5.41, 5.74) is 0. The van der Waals surface area contributed by atoms with Crippen LogP contribution >= 0.6 is 0 Å². The summed E-state index contributed by atoms with van der Waals surface area (Å²) in [7, 11) is 8.60. The second kappa shape index (κ2) is 34.3. The van der Waals surface area contributed by atoms with Crippen molar-refractivity contribution in [2.24, 2.45) is 0 Å². The highest BCUT2D eigenvalue weighted by Crippen LogP contribution is 2.14. The molecule has 0 aliphatic carbocycles. The molecule has 0 rings (SSSR count). The van der Waals surface area contributed by atoms with Crippen molar-refractivity contribution in [1.82, 2.24) is 10.6 Å². The summed E-state index contributed by atoms with van der Waals surface area (Å²) in [5.74, 6) is 0.151. The molecular weight excluding hydrogens is 615 g/mol. The third kappa shape index (κ3) is 36.3. The number of amides is 2. The molecule has 8 heteroatoms. The van der Waals surface area contributed by atoms with Crippen LogP contribution in [-0.4, -0.2) is 88.2 Å². The summed E-state index contributed by atoms with van der Waals surface area (Å²) in [4.78, 5) is 25.0. The zero-order valence-electron chi connectivity index (χ0n) is 31.7. The fourth-order valence-corrected chi connectivity index (χ4v) is 6.21. The number of nitrogens with one attached hydrogen (secondary N) is 2. The largest absolute Gasteiger partial charge is 1.00 e. The highest BCUT2D eigenvalue weighted by Gasteiger charge is 2.21. The fourth-order valence-electron chi connectivity index (χ4n) is 6.21. The Morgan fingerprint density at radius 3 is 0.848 bits per heavy atom. The van der Waals surface area contributed by atoms with Crippen LogP contribution in [0.15, 0.2) is 0 Å². The number of halogens is 2. The van der Waals surface area contributed by atoms with Gasteiger partial charge in [-0.2, -0.15) is 0 Å². The van der Waals surface area contributed by atoms with E-state index in [-0.39, 0.29) is 36.6 Å². The minimum Gasteiger partial charge on any atom is -1.00 e. The zero-order chi connectivity index (χ0) is 32.8. The molecule has 0 spiro atoms. The zero-order valence-corrected chi connectivity index (χ0v) is 33.2. The number of hydrogen-bond acceptors (Lipinski definition) is 2. The van der Waals surface area contributed by atoms with Crippen molar-refractivity contribution in [1.29, 1.82) is 0 Å². The van der Waals surface area contributed by atoms with E-state index in [1.807, 2.05) is 0 Å². The Morgan fingerprint density at radius 2 is 0.609 bits per heavy atom. The molecule has 46 heavy (non-hydrogen) atoms. The Labute approximate surface area is 300 Å². The standard InChI is InChI=1S/C38H78N4O2.2ClH/c1-7-9-11-13-15-17-19-21-23-25-27-29-33-41(3,4)35-37(43)39-31-32-40-38(44)36-42(5,6)34-30-28-26-24-22-20-18-16-14-12-10-8-2;;/h7-36H2,1-6H3;2*1H. The van der Waals surface area contributed by atoms with Gasteiger partial charge in [-0.3, -0.25) is 9.59 Å². The molecule has 0 atom stereocenters. The van der Waals surface area contributed by atoms with Crippen molar-refractivity contribution in [3.63, 3.8) is 0 Å². The number of unbranched alkanes of at least 4 members (excludes halogenated alkanes) is 22. The molecule has 0 aromatic heterocycles. The van der Waals surface area contributed by atoms with Gasteiger partial charge in [-0.15, -0.1) is 0 Å². The lowest BCUT2D eigenvalue weighted by molar-refractivity contribution is -0.882. The molecule has 0 aromatic carbocycles. The van der Waals surface area contributed by atoms with E-state index in [2.05, 4.69) is 52.7 Å². The summed E-state index contributed by atoms with van der Waals surface area (Å²) < 4.78 is 1.45. The van der Waals surface area contributed by atoms with Crippen molar-refractivity contribution in [3.05, 3.63) is 0 Å². The molecule has 0 aromatic rings. The maximum atomic E-state index is 12.5. The van der Waals surface area contributed by atoms with Gasteiger partial charge < -0.3 is 44.4 Å². The average molecular weight is 696 g/mol. The third-order valence-electron chi connectivity index (χ3n) is 9.15. The minimum absolute atomic E-state index is 0. The van der Waals surface area contributed by atoms with Gasteiger partial charge in [-0.25, -0.2) is 0 Å². The average Bonchev–Trinajstić information content (AvgIpc) is 2.96. The van der Waals surface area contributed by atoms with Crippen LogP contribution in [-0.2, 0) is 9.59 Å². The molecule has 2 N–H and O–H groups in total. The fraction of sp³-hybridized carbons (Fsp3) is 0.947. The van der Waals surface area contributed by atoms with E-state index in [1.165, 1.54) is 154 Å². The molecule has 0 aliphatic rings. The number of quaternary nitrogens is 2. The van der Waals surface area contributed by atoms with Gasteiger partial charge in [0.1, 0.15) is 0 Å². The normalized spacial score (nSPS) is 11.5. The van der Waals surface area contributed by atoms with Crippen LogP contribution in [0.3, 0.4) is 0 Å². The smallest absolute Gasteiger partial charge is 0.275 e. The second-order valence-electron chi connectivity index (χ2n) is 15.1. The van der Waals surface area contributed by atoms with E-state index in [1.54, 1.807) is 0 Å². The van der Waals surface area contributed by atoms with Crippen LogP contribution in [0.5, 0.6) is 0 Å². The van der Waals surface area contributed by atoms with Gasteiger partial charge in [0.05, 0.1) is 41.3 Å². The first-order valence-corrected chi connectivity index (χ1v) is 19.3. The van der Waals surface area contributed by atoms with E-state index in [0.717, 1.165) is 22.1 Å².